The molecule has 7 nitrogen and oxygen atoms in total. The number of rotatable bonds is 5. The van der Waals surface area contributed by atoms with Crippen LogP contribution in [0.5, 0.6) is 0 Å². The Labute approximate surface area is 174 Å². The predicted octanol–water partition coefficient (Wildman–Crippen LogP) is 2.25. The number of nitrogens with zero attached hydrogens (tertiary/aromatic N) is 1. The number of amides is 1. The molecule has 0 spiro atoms. The Morgan fingerprint density at radius 3 is 2.70 bits per heavy atom. The molecule has 3 aromatic rings. The van der Waals surface area contributed by atoms with Gasteiger partial charge in [0.1, 0.15) is 0 Å². The van der Waals surface area contributed by atoms with Gasteiger partial charge in [-0.15, -0.1) is 0 Å². The SMILES string of the molecule is O=C(NCc1ccccc1)[C@@H]1CCCN(S(=O)(=O)c2ccc3[nH]c(=O)ccc3c2)C1. The first-order valence-electron chi connectivity index (χ1n) is 9.88. The van der Waals surface area contributed by atoms with Crippen LogP contribution in [0.3, 0.4) is 0 Å². The second-order valence-electron chi connectivity index (χ2n) is 7.48. The summed E-state index contributed by atoms with van der Waals surface area (Å²) >= 11 is 0. The molecule has 1 aliphatic heterocycles. The van der Waals surface area contributed by atoms with E-state index in [-0.39, 0.29) is 28.8 Å². The van der Waals surface area contributed by atoms with Crippen LogP contribution in [-0.2, 0) is 21.4 Å². The number of piperidine rings is 1. The van der Waals surface area contributed by atoms with Crippen molar-refractivity contribution >= 4 is 26.8 Å². The van der Waals surface area contributed by atoms with Gasteiger partial charge in [0.25, 0.3) is 0 Å². The minimum Gasteiger partial charge on any atom is -0.352 e. The first kappa shape index (κ1) is 20.3. The zero-order valence-electron chi connectivity index (χ0n) is 16.4. The van der Waals surface area contributed by atoms with E-state index in [1.165, 1.54) is 16.4 Å². The van der Waals surface area contributed by atoms with Gasteiger partial charge in [-0.1, -0.05) is 30.3 Å². The van der Waals surface area contributed by atoms with Crippen molar-refractivity contribution in [3.8, 4) is 0 Å². The van der Waals surface area contributed by atoms with E-state index in [1.54, 1.807) is 18.2 Å². The van der Waals surface area contributed by atoms with Crippen LogP contribution < -0.4 is 10.9 Å². The summed E-state index contributed by atoms with van der Waals surface area (Å²) in [7, 11) is -3.74. The summed E-state index contributed by atoms with van der Waals surface area (Å²) in [5, 5.41) is 3.56. The highest BCUT2D eigenvalue weighted by Gasteiger charge is 2.33. The second kappa shape index (κ2) is 8.41. The Morgan fingerprint density at radius 2 is 1.90 bits per heavy atom. The van der Waals surface area contributed by atoms with Crippen LogP contribution in [0, 0.1) is 5.92 Å². The number of hydrogen-bond donors (Lipinski definition) is 2. The Bertz CT molecular complexity index is 1220. The van der Waals surface area contributed by atoms with Crippen molar-refractivity contribution in [1.29, 1.82) is 0 Å². The van der Waals surface area contributed by atoms with E-state index in [4.69, 9.17) is 0 Å². The standard InChI is InChI=1S/C22H23N3O4S/c26-21-11-8-17-13-19(9-10-20(17)24-21)30(28,29)25-12-4-7-18(15-25)22(27)23-14-16-5-2-1-3-6-16/h1-3,5-6,8-11,13,18H,4,7,12,14-15H2,(H,23,27)(H,24,26)/t18-/m1/s1. The van der Waals surface area contributed by atoms with E-state index in [1.807, 2.05) is 30.3 Å². The molecule has 0 radical (unpaired) electrons. The largest absolute Gasteiger partial charge is 0.352 e. The maximum Gasteiger partial charge on any atom is 0.248 e. The molecule has 8 heteroatoms. The van der Waals surface area contributed by atoms with Crippen LogP contribution in [0.15, 0.2) is 70.4 Å². The number of sulfonamides is 1. The van der Waals surface area contributed by atoms with Crippen molar-refractivity contribution < 1.29 is 13.2 Å². The third-order valence-corrected chi connectivity index (χ3v) is 7.26. The summed E-state index contributed by atoms with van der Waals surface area (Å²) < 4.78 is 27.7. The van der Waals surface area contributed by atoms with Crippen molar-refractivity contribution in [2.45, 2.75) is 24.3 Å². The van der Waals surface area contributed by atoms with Crippen molar-refractivity contribution in [1.82, 2.24) is 14.6 Å². The van der Waals surface area contributed by atoms with Gasteiger partial charge in [0.05, 0.1) is 10.8 Å². The molecule has 156 valence electrons. The van der Waals surface area contributed by atoms with E-state index in [0.717, 1.165) is 5.56 Å². The molecular formula is C22H23N3O4S. The fourth-order valence-electron chi connectivity index (χ4n) is 3.75. The smallest absolute Gasteiger partial charge is 0.248 e. The maximum absolute atomic E-state index is 13.2. The molecule has 0 unspecified atom stereocenters. The lowest BCUT2D eigenvalue weighted by atomic mass is 9.99. The van der Waals surface area contributed by atoms with Crippen LogP contribution in [0.1, 0.15) is 18.4 Å². The summed E-state index contributed by atoms with van der Waals surface area (Å²) in [6.07, 6.45) is 1.29. The molecule has 1 aliphatic rings. The van der Waals surface area contributed by atoms with Crippen LogP contribution >= 0.6 is 0 Å². The van der Waals surface area contributed by atoms with Gasteiger partial charge in [-0.25, -0.2) is 8.42 Å². The summed E-state index contributed by atoms with van der Waals surface area (Å²) in [4.78, 5) is 26.9. The Morgan fingerprint density at radius 1 is 1.10 bits per heavy atom. The lowest BCUT2D eigenvalue weighted by Gasteiger charge is -2.31. The van der Waals surface area contributed by atoms with Gasteiger partial charge in [0.2, 0.25) is 21.5 Å². The number of aromatic nitrogens is 1. The minimum absolute atomic E-state index is 0.130. The highest BCUT2D eigenvalue weighted by Crippen LogP contribution is 2.25. The zero-order valence-corrected chi connectivity index (χ0v) is 17.2. The molecule has 1 saturated heterocycles. The van der Waals surface area contributed by atoms with Crippen LogP contribution in [0.4, 0.5) is 0 Å². The van der Waals surface area contributed by atoms with Crippen molar-refractivity contribution in [2.24, 2.45) is 5.92 Å². The highest BCUT2D eigenvalue weighted by molar-refractivity contribution is 7.89. The number of aromatic amines is 1. The number of nitrogens with one attached hydrogen (secondary N) is 2. The normalized spacial score (nSPS) is 17.7. The molecule has 2 heterocycles. The van der Waals surface area contributed by atoms with Crippen molar-refractivity contribution in [3.63, 3.8) is 0 Å². The summed E-state index contributed by atoms with van der Waals surface area (Å²) in [6, 6.07) is 17.2. The number of pyridine rings is 1. The maximum atomic E-state index is 13.2. The van der Waals surface area contributed by atoms with Gasteiger partial charge >= 0.3 is 0 Å². The van der Waals surface area contributed by atoms with E-state index in [0.29, 0.717) is 36.8 Å². The van der Waals surface area contributed by atoms with Crippen LogP contribution in [0.2, 0.25) is 0 Å². The van der Waals surface area contributed by atoms with E-state index >= 15 is 0 Å². The number of carbonyl (C=O) groups excluding carboxylic acids is 1. The third kappa shape index (κ3) is 4.29. The molecule has 4 rings (SSSR count). The number of hydrogen-bond acceptors (Lipinski definition) is 4. The van der Waals surface area contributed by atoms with Gasteiger partial charge in [0.15, 0.2) is 0 Å². The van der Waals surface area contributed by atoms with Gasteiger partial charge in [-0.05, 0) is 48.1 Å². The second-order valence-corrected chi connectivity index (χ2v) is 9.42. The van der Waals surface area contributed by atoms with Crippen LogP contribution in [0.25, 0.3) is 10.9 Å². The fourth-order valence-corrected chi connectivity index (χ4v) is 5.31. The molecule has 2 N–H and O–H groups in total. The third-order valence-electron chi connectivity index (χ3n) is 5.40. The lowest BCUT2D eigenvalue weighted by molar-refractivity contribution is -0.126. The first-order valence-corrected chi connectivity index (χ1v) is 11.3. The minimum atomic E-state index is -3.74. The number of carbonyl (C=O) groups is 1. The number of benzene rings is 2. The van der Waals surface area contributed by atoms with Gasteiger partial charge in [0, 0.05) is 31.2 Å². The van der Waals surface area contributed by atoms with Crippen molar-refractivity contribution in [3.05, 3.63) is 76.6 Å². The molecule has 0 bridgehead atoms. The highest BCUT2D eigenvalue weighted by atomic mass is 32.2. The van der Waals surface area contributed by atoms with Gasteiger partial charge in [-0.3, -0.25) is 9.59 Å². The first-order chi connectivity index (χ1) is 14.4. The molecule has 1 fully saturated rings. The number of H-pyrrole nitrogens is 1. The average Bonchev–Trinajstić information content (AvgIpc) is 2.77. The monoisotopic (exact) mass is 425 g/mol. The fraction of sp³-hybridized carbons (Fsp3) is 0.273. The van der Waals surface area contributed by atoms with Gasteiger partial charge in [-0.2, -0.15) is 4.31 Å². The average molecular weight is 426 g/mol. The lowest BCUT2D eigenvalue weighted by Crippen LogP contribution is -2.45. The van der Waals surface area contributed by atoms with Crippen molar-refractivity contribution in [2.75, 3.05) is 13.1 Å². The predicted molar refractivity (Wildman–Crippen MR) is 114 cm³/mol. The number of fused-ring (bicyclic) bond motifs is 1. The van der Waals surface area contributed by atoms with Crippen LogP contribution in [-0.4, -0.2) is 36.7 Å². The topological polar surface area (TPSA) is 99.3 Å². The Balaban J connectivity index is 1.48. The molecule has 1 amide bonds. The molecule has 0 saturated carbocycles. The van der Waals surface area contributed by atoms with E-state index in [2.05, 4.69) is 10.3 Å². The summed E-state index contributed by atoms with van der Waals surface area (Å²) in [5.74, 6) is -0.510. The molecule has 1 aromatic heterocycles. The Kier molecular flexibility index (Phi) is 5.69. The summed E-state index contributed by atoms with van der Waals surface area (Å²) in [6.45, 7) is 0.965. The van der Waals surface area contributed by atoms with E-state index in [9.17, 15) is 18.0 Å². The Hall–Kier alpha value is -2.97. The molecule has 0 aliphatic carbocycles. The molecule has 1 atom stereocenters. The molecule has 2 aromatic carbocycles. The quantitative estimate of drug-likeness (QED) is 0.655. The van der Waals surface area contributed by atoms with Gasteiger partial charge < -0.3 is 10.3 Å². The summed E-state index contributed by atoms with van der Waals surface area (Å²) in [5.41, 5.74) is 1.34. The molecule has 30 heavy (non-hydrogen) atoms. The van der Waals surface area contributed by atoms with E-state index < -0.39 is 10.0 Å². The zero-order chi connectivity index (χ0) is 21.1. The molecular weight excluding hydrogens is 402 g/mol.